The molecule has 1 aliphatic heterocycles. The highest BCUT2D eigenvalue weighted by Crippen LogP contribution is 2.19. The third kappa shape index (κ3) is 3.87. The number of carbonyl (C=O) groups is 2. The number of hydrogen-bond acceptors (Lipinski definition) is 5. The fourth-order valence-corrected chi connectivity index (χ4v) is 2.05. The van der Waals surface area contributed by atoms with Crippen molar-refractivity contribution in [1.29, 1.82) is 0 Å². The minimum Gasteiger partial charge on any atom is -0.495 e. The van der Waals surface area contributed by atoms with Crippen LogP contribution in [0.15, 0.2) is 18.3 Å². The van der Waals surface area contributed by atoms with E-state index < -0.39 is 11.7 Å². The van der Waals surface area contributed by atoms with Gasteiger partial charge in [-0.2, -0.15) is 0 Å². The van der Waals surface area contributed by atoms with Crippen LogP contribution in [0.5, 0.6) is 5.75 Å². The molecule has 0 atom stereocenters. The predicted molar refractivity (Wildman–Crippen MR) is 80.9 cm³/mol. The molecule has 0 saturated carbocycles. The van der Waals surface area contributed by atoms with Gasteiger partial charge in [-0.25, -0.2) is 9.78 Å². The minimum atomic E-state index is -0.575. The van der Waals surface area contributed by atoms with Gasteiger partial charge in [0, 0.05) is 13.1 Å². The molecule has 7 heteroatoms. The Hall–Kier alpha value is -2.31. The Morgan fingerprint density at radius 3 is 2.50 bits per heavy atom. The van der Waals surface area contributed by atoms with E-state index in [4.69, 9.17) is 9.47 Å². The standard InChI is InChI=1S/C15H21N3O4/c1-15(2,3)22-14(20)17-7-8-18(13(19)10-17)12-6-5-11(21-4)9-16-12/h5-6,9H,7-8,10H2,1-4H3. The predicted octanol–water partition coefficient (Wildman–Crippen LogP) is 1.67. The molecule has 1 aliphatic rings. The molecule has 0 bridgehead atoms. The van der Waals surface area contributed by atoms with Gasteiger partial charge in [-0.1, -0.05) is 0 Å². The largest absolute Gasteiger partial charge is 0.495 e. The monoisotopic (exact) mass is 307 g/mol. The maximum atomic E-state index is 12.2. The molecule has 2 amide bonds. The summed E-state index contributed by atoms with van der Waals surface area (Å²) in [5, 5.41) is 0. The van der Waals surface area contributed by atoms with Gasteiger partial charge in [0.05, 0.1) is 13.3 Å². The number of anilines is 1. The van der Waals surface area contributed by atoms with Crippen molar-refractivity contribution in [3.8, 4) is 5.75 Å². The molecule has 0 spiro atoms. The van der Waals surface area contributed by atoms with Gasteiger partial charge in [0.1, 0.15) is 23.7 Å². The van der Waals surface area contributed by atoms with Crippen LogP contribution in [0.4, 0.5) is 10.6 Å². The highest BCUT2D eigenvalue weighted by Gasteiger charge is 2.31. The molecule has 1 saturated heterocycles. The first-order valence-corrected chi connectivity index (χ1v) is 7.08. The number of aromatic nitrogens is 1. The summed E-state index contributed by atoms with van der Waals surface area (Å²) in [6.45, 7) is 6.17. The number of pyridine rings is 1. The first-order valence-electron chi connectivity index (χ1n) is 7.08. The molecular weight excluding hydrogens is 286 g/mol. The number of amides is 2. The zero-order valence-electron chi connectivity index (χ0n) is 13.3. The fraction of sp³-hybridized carbons (Fsp3) is 0.533. The Bertz CT molecular complexity index is 551. The topological polar surface area (TPSA) is 72.0 Å². The highest BCUT2D eigenvalue weighted by atomic mass is 16.6. The molecule has 0 N–H and O–H groups in total. The van der Waals surface area contributed by atoms with Crippen molar-refractivity contribution in [1.82, 2.24) is 9.88 Å². The van der Waals surface area contributed by atoms with Crippen LogP contribution in [-0.2, 0) is 9.53 Å². The van der Waals surface area contributed by atoms with Crippen LogP contribution in [0.25, 0.3) is 0 Å². The molecule has 22 heavy (non-hydrogen) atoms. The Labute approximate surface area is 129 Å². The summed E-state index contributed by atoms with van der Waals surface area (Å²) in [5.41, 5.74) is -0.575. The summed E-state index contributed by atoms with van der Waals surface area (Å²) < 4.78 is 10.3. The van der Waals surface area contributed by atoms with Gasteiger partial charge >= 0.3 is 6.09 Å². The molecule has 0 aromatic carbocycles. The van der Waals surface area contributed by atoms with Crippen LogP contribution in [-0.4, -0.2) is 54.2 Å². The molecule has 7 nitrogen and oxygen atoms in total. The molecule has 2 heterocycles. The summed E-state index contributed by atoms with van der Waals surface area (Å²) in [4.78, 5) is 31.4. The number of hydrogen-bond donors (Lipinski definition) is 0. The highest BCUT2D eigenvalue weighted by molar-refractivity contribution is 5.96. The summed E-state index contributed by atoms with van der Waals surface area (Å²) >= 11 is 0. The van der Waals surface area contributed by atoms with Crippen LogP contribution in [0.3, 0.4) is 0 Å². The van der Waals surface area contributed by atoms with Gasteiger partial charge < -0.3 is 9.47 Å². The number of ether oxygens (including phenoxy) is 2. The first-order chi connectivity index (χ1) is 10.3. The average Bonchev–Trinajstić information content (AvgIpc) is 2.45. The molecule has 1 fully saturated rings. The SMILES string of the molecule is COc1ccc(N2CCN(C(=O)OC(C)(C)C)CC2=O)nc1. The summed E-state index contributed by atoms with van der Waals surface area (Å²) in [6, 6.07) is 3.47. The van der Waals surface area contributed by atoms with Crippen molar-refractivity contribution < 1.29 is 19.1 Å². The zero-order chi connectivity index (χ0) is 16.3. The molecule has 2 rings (SSSR count). The lowest BCUT2D eigenvalue weighted by molar-refractivity contribution is -0.121. The van der Waals surface area contributed by atoms with Crippen molar-refractivity contribution >= 4 is 17.8 Å². The van der Waals surface area contributed by atoms with Gasteiger partial charge in [0.15, 0.2) is 0 Å². The van der Waals surface area contributed by atoms with Crippen molar-refractivity contribution in [2.24, 2.45) is 0 Å². The normalized spacial score (nSPS) is 15.7. The van der Waals surface area contributed by atoms with E-state index >= 15 is 0 Å². The Balaban J connectivity index is 2.00. The van der Waals surface area contributed by atoms with Gasteiger partial charge in [-0.05, 0) is 32.9 Å². The van der Waals surface area contributed by atoms with E-state index in [9.17, 15) is 9.59 Å². The van der Waals surface area contributed by atoms with E-state index in [0.717, 1.165) is 0 Å². The van der Waals surface area contributed by atoms with Crippen molar-refractivity contribution in [2.75, 3.05) is 31.6 Å². The quantitative estimate of drug-likeness (QED) is 0.831. The van der Waals surface area contributed by atoms with Crippen molar-refractivity contribution in [3.63, 3.8) is 0 Å². The molecule has 0 aliphatic carbocycles. The number of piperazine rings is 1. The van der Waals surface area contributed by atoms with E-state index in [2.05, 4.69) is 4.98 Å². The molecule has 1 aromatic heterocycles. The molecule has 1 aromatic rings. The van der Waals surface area contributed by atoms with Crippen LogP contribution in [0, 0.1) is 0 Å². The van der Waals surface area contributed by atoms with E-state index in [1.54, 1.807) is 51.1 Å². The maximum absolute atomic E-state index is 12.2. The second kappa shape index (κ2) is 6.21. The lowest BCUT2D eigenvalue weighted by atomic mass is 10.2. The second-order valence-corrected chi connectivity index (χ2v) is 6.00. The number of carbonyl (C=O) groups excluding carboxylic acids is 2. The average molecular weight is 307 g/mol. The molecular formula is C15H21N3O4. The van der Waals surface area contributed by atoms with Crippen LogP contribution in [0.1, 0.15) is 20.8 Å². The van der Waals surface area contributed by atoms with Crippen molar-refractivity contribution in [2.45, 2.75) is 26.4 Å². The van der Waals surface area contributed by atoms with Crippen molar-refractivity contribution in [3.05, 3.63) is 18.3 Å². The maximum Gasteiger partial charge on any atom is 0.410 e. The van der Waals surface area contributed by atoms with Gasteiger partial charge in [0.25, 0.3) is 0 Å². The molecule has 0 radical (unpaired) electrons. The number of methoxy groups -OCH3 is 1. The third-order valence-corrected chi connectivity index (χ3v) is 3.11. The molecule has 120 valence electrons. The van der Waals surface area contributed by atoms with E-state index in [-0.39, 0.29) is 12.5 Å². The first kappa shape index (κ1) is 16.1. The smallest absolute Gasteiger partial charge is 0.410 e. The Kier molecular flexibility index (Phi) is 4.54. The van der Waals surface area contributed by atoms with Crippen LogP contribution in [0.2, 0.25) is 0 Å². The number of rotatable bonds is 2. The molecule has 0 unspecified atom stereocenters. The zero-order valence-corrected chi connectivity index (χ0v) is 13.3. The summed E-state index contributed by atoms with van der Waals surface area (Å²) in [5.74, 6) is 0.994. The summed E-state index contributed by atoms with van der Waals surface area (Å²) in [6.07, 6.45) is 1.09. The fourth-order valence-electron chi connectivity index (χ4n) is 2.05. The van der Waals surface area contributed by atoms with Gasteiger partial charge in [-0.15, -0.1) is 0 Å². The lowest BCUT2D eigenvalue weighted by Crippen LogP contribution is -2.53. The van der Waals surface area contributed by atoms with Gasteiger partial charge in [-0.3, -0.25) is 14.6 Å². The van der Waals surface area contributed by atoms with Gasteiger partial charge in [0.2, 0.25) is 5.91 Å². The number of nitrogens with zero attached hydrogens (tertiary/aromatic N) is 3. The van der Waals surface area contributed by atoms with Crippen LogP contribution < -0.4 is 9.64 Å². The van der Waals surface area contributed by atoms with E-state index in [1.165, 1.54) is 4.90 Å². The Morgan fingerprint density at radius 1 is 1.27 bits per heavy atom. The lowest BCUT2D eigenvalue weighted by Gasteiger charge is -2.34. The second-order valence-electron chi connectivity index (χ2n) is 6.00. The summed E-state index contributed by atoms with van der Waals surface area (Å²) in [7, 11) is 1.56. The Morgan fingerprint density at radius 2 is 2.00 bits per heavy atom. The van der Waals surface area contributed by atoms with Crippen LogP contribution >= 0.6 is 0 Å². The van der Waals surface area contributed by atoms with E-state index in [1.807, 2.05) is 0 Å². The third-order valence-electron chi connectivity index (χ3n) is 3.11. The minimum absolute atomic E-state index is 0.0113. The van der Waals surface area contributed by atoms with E-state index in [0.29, 0.717) is 24.7 Å².